The molecule has 0 bridgehead atoms. The minimum Gasteiger partial charge on any atom is -0.489 e. The summed E-state index contributed by atoms with van der Waals surface area (Å²) in [5.41, 5.74) is 1.20. The van der Waals surface area contributed by atoms with E-state index in [0.717, 1.165) is 17.9 Å². The van der Waals surface area contributed by atoms with E-state index in [1.54, 1.807) is 12.4 Å². The Kier molecular flexibility index (Phi) is 6.25. The summed E-state index contributed by atoms with van der Waals surface area (Å²) in [7, 11) is 0. The van der Waals surface area contributed by atoms with Crippen LogP contribution < -0.4 is 10.1 Å². The number of hydrogen-bond acceptors (Lipinski definition) is 4. The van der Waals surface area contributed by atoms with Crippen molar-refractivity contribution in [3.05, 3.63) is 24.0 Å². The lowest BCUT2D eigenvalue weighted by Gasteiger charge is -2.21. The second-order valence-electron chi connectivity index (χ2n) is 5.85. The van der Waals surface area contributed by atoms with Gasteiger partial charge in [0.05, 0.1) is 18.9 Å². The lowest BCUT2D eigenvalue weighted by atomic mass is 10.1. The Morgan fingerprint density at radius 2 is 2.00 bits per heavy atom. The maximum Gasteiger partial charge on any atom is 0.142 e. The van der Waals surface area contributed by atoms with Gasteiger partial charge in [0.1, 0.15) is 12.4 Å². The van der Waals surface area contributed by atoms with Crippen LogP contribution >= 0.6 is 0 Å². The number of pyridine rings is 1. The quantitative estimate of drug-likeness (QED) is 0.771. The highest BCUT2D eigenvalue weighted by Crippen LogP contribution is 2.17. The van der Waals surface area contributed by atoms with Crippen LogP contribution in [0.25, 0.3) is 0 Å². The predicted octanol–water partition coefficient (Wildman–Crippen LogP) is 2.77. The predicted molar refractivity (Wildman–Crippen MR) is 77.4 cm³/mol. The minimum absolute atomic E-state index is 0.0846. The largest absolute Gasteiger partial charge is 0.489 e. The van der Waals surface area contributed by atoms with Crippen molar-refractivity contribution in [3.8, 4) is 5.75 Å². The molecule has 19 heavy (non-hydrogen) atoms. The number of nitrogens with zero attached hydrogens (tertiary/aromatic N) is 1. The maximum atomic E-state index is 5.73. The number of rotatable bonds is 7. The molecule has 0 fully saturated rings. The first-order valence-corrected chi connectivity index (χ1v) is 6.81. The van der Waals surface area contributed by atoms with Crippen molar-refractivity contribution in [2.24, 2.45) is 0 Å². The Bertz CT molecular complexity index is 373. The highest BCUT2D eigenvalue weighted by Gasteiger charge is 2.11. The van der Waals surface area contributed by atoms with Gasteiger partial charge in [0, 0.05) is 23.8 Å². The van der Waals surface area contributed by atoms with Crippen LogP contribution in [0.3, 0.4) is 0 Å². The van der Waals surface area contributed by atoms with Crippen LogP contribution in [-0.2, 0) is 11.3 Å². The van der Waals surface area contributed by atoms with Gasteiger partial charge in [0.25, 0.3) is 0 Å². The van der Waals surface area contributed by atoms with Crippen molar-refractivity contribution in [3.63, 3.8) is 0 Å². The van der Waals surface area contributed by atoms with Gasteiger partial charge in [0.15, 0.2) is 0 Å². The van der Waals surface area contributed by atoms with Gasteiger partial charge in [-0.3, -0.25) is 4.98 Å². The van der Waals surface area contributed by atoms with Gasteiger partial charge >= 0.3 is 0 Å². The zero-order valence-electron chi connectivity index (χ0n) is 12.7. The summed E-state index contributed by atoms with van der Waals surface area (Å²) in [6.07, 6.45) is 3.78. The van der Waals surface area contributed by atoms with E-state index in [-0.39, 0.29) is 11.6 Å². The second-order valence-corrected chi connectivity index (χ2v) is 5.85. The molecule has 1 heterocycles. The lowest BCUT2D eigenvalue weighted by molar-refractivity contribution is 0.0549. The summed E-state index contributed by atoms with van der Waals surface area (Å²) < 4.78 is 11.2. The summed E-state index contributed by atoms with van der Waals surface area (Å²) in [6, 6.07) is 1.98. The molecule has 0 saturated heterocycles. The second kappa shape index (κ2) is 7.46. The Morgan fingerprint density at radius 1 is 1.26 bits per heavy atom. The van der Waals surface area contributed by atoms with Crippen LogP contribution in [0.5, 0.6) is 5.75 Å². The molecule has 0 radical (unpaired) electrons. The van der Waals surface area contributed by atoms with E-state index in [2.05, 4.69) is 31.1 Å². The molecule has 1 rings (SSSR count). The van der Waals surface area contributed by atoms with E-state index < -0.39 is 0 Å². The van der Waals surface area contributed by atoms with Gasteiger partial charge in [-0.25, -0.2) is 0 Å². The summed E-state index contributed by atoms with van der Waals surface area (Å²) in [5.74, 6) is 0.826. The zero-order chi connectivity index (χ0) is 14.3. The molecular formula is C15H26N2O2. The first-order valence-electron chi connectivity index (χ1n) is 6.81. The molecule has 1 aromatic heterocycles. The number of ether oxygens (including phenoxy) is 2. The molecule has 0 aromatic carbocycles. The van der Waals surface area contributed by atoms with Gasteiger partial charge < -0.3 is 14.8 Å². The Balaban J connectivity index is 2.48. The normalized spacial score (nSPS) is 11.9. The van der Waals surface area contributed by atoms with Gasteiger partial charge in [0.2, 0.25) is 0 Å². The van der Waals surface area contributed by atoms with Crippen molar-refractivity contribution >= 4 is 0 Å². The molecule has 4 heteroatoms. The Hall–Kier alpha value is -1.13. The molecule has 0 saturated carbocycles. The molecule has 108 valence electrons. The average molecular weight is 266 g/mol. The summed E-state index contributed by atoms with van der Waals surface area (Å²) in [5, 5.41) is 3.45. The number of hydrogen-bond donors (Lipinski definition) is 1. The fourth-order valence-electron chi connectivity index (χ4n) is 1.48. The monoisotopic (exact) mass is 266 g/mol. The van der Waals surface area contributed by atoms with E-state index >= 15 is 0 Å². The molecule has 0 aliphatic rings. The minimum atomic E-state index is 0.0846. The molecule has 1 aromatic rings. The average Bonchev–Trinajstić information content (AvgIpc) is 2.32. The molecule has 0 spiro atoms. The molecular weight excluding hydrogens is 240 g/mol. The fourth-order valence-corrected chi connectivity index (χ4v) is 1.48. The van der Waals surface area contributed by atoms with E-state index in [1.165, 1.54) is 0 Å². The van der Waals surface area contributed by atoms with E-state index in [1.807, 2.05) is 19.9 Å². The van der Waals surface area contributed by atoms with Crippen LogP contribution in [0.1, 0.15) is 40.2 Å². The molecule has 4 nitrogen and oxygen atoms in total. The molecule has 1 N–H and O–H groups in total. The standard InChI is InChI=1S/C15H26N2O2/c1-12(2)18-8-9-19-14-11-16-7-6-13(14)10-17-15(3,4)5/h6-7,11-12,17H,8-10H2,1-5H3. The van der Waals surface area contributed by atoms with Crippen molar-refractivity contribution in [2.45, 2.75) is 52.8 Å². The van der Waals surface area contributed by atoms with Gasteiger partial charge in [-0.1, -0.05) is 0 Å². The van der Waals surface area contributed by atoms with Crippen LogP contribution in [0.15, 0.2) is 18.5 Å². The zero-order valence-corrected chi connectivity index (χ0v) is 12.7. The number of nitrogens with one attached hydrogen (secondary N) is 1. The topological polar surface area (TPSA) is 43.4 Å². The third kappa shape index (κ3) is 7.13. The number of aromatic nitrogens is 1. The molecule has 0 atom stereocenters. The third-order valence-electron chi connectivity index (χ3n) is 2.47. The third-order valence-corrected chi connectivity index (χ3v) is 2.47. The van der Waals surface area contributed by atoms with Gasteiger partial charge in [-0.2, -0.15) is 0 Å². The fraction of sp³-hybridized carbons (Fsp3) is 0.667. The first kappa shape index (κ1) is 15.9. The summed E-state index contributed by atoms with van der Waals surface area (Å²) in [6.45, 7) is 12.4. The SMILES string of the molecule is CC(C)OCCOc1cnccc1CNC(C)(C)C. The first-order chi connectivity index (χ1) is 8.88. The van der Waals surface area contributed by atoms with Crippen molar-refractivity contribution in [2.75, 3.05) is 13.2 Å². The van der Waals surface area contributed by atoms with Crippen LogP contribution in [0.2, 0.25) is 0 Å². The molecule has 0 amide bonds. The van der Waals surface area contributed by atoms with Gasteiger partial charge in [-0.05, 0) is 40.7 Å². The Labute approximate surface area is 116 Å². The van der Waals surface area contributed by atoms with Crippen LogP contribution in [0, 0.1) is 0 Å². The van der Waals surface area contributed by atoms with E-state index in [0.29, 0.717) is 13.2 Å². The van der Waals surface area contributed by atoms with Crippen molar-refractivity contribution in [1.82, 2.24) is 10.3 Å². The summed E-state index contributed by atoms with van der Waals surface area (Å²) >= 11 is 0. The lowest BCUT2D eigenvalue weighted by Crippen LogP contribution is -2.35. The van der Waals surface area contributed by atoms with Crippen molar-refractivity contribution < 1.29 is 9.47 Å². The van der Waals surface area contributed by atoms with E-state index in [9.17, 15) is 0 Å². The van der Waals surface area contributed by atoms with Crippen LogP contribution in [0.4, 0.5) is 0 Å². The van der Waals surface area contributed by atoms with Crippen LogP contribution in [-0.4, -0.2) is 29.8 Å². The Morgan fingerprint density at radius 3 is 2.63 bits per heavy atom. The highest BCUT2D eigenvalue weighted by molar-refractivity contribution is 5.29. The highest BCUT2D eigenvalue weighted by atomic mass is 16.5. The van der Waals surface area contributed by atoms with Gasteiger partial charge in [-0.15, -0.1) is 0 Å². The molecule has 0 aliphatic carbocycles. The maximum absolute atomic E-state index is 5.73. The van der Waals surface area contributed by atoms with E-state index in [4.69, 9.17) is 9.47 Å². The summed E-state index contributed by atoms with van der Waals surface area (Å²) in [4.78, 5) is 4.11. The smallest absolute Gasteiger partial charge is 0.142 e. The molecule has 0 unspecified atom stereocenters. The molecule has 0 aliphatic heterocycles. The van der Waals surface area contributed by atoms with Crippen molar-refractivity contribution in [1.29, 1.82) is 0 Å².